The standard InChI is InChI=1S/C10H14N2O2/c1-6-8(4-3-5-13)10(11)12-7(2)9(6)14/h3,5,13-14H,4H2,1-2H3,(H2,11,12)/b5-3+. The lowest BCUT2D eigenvalue weighted by Crippen LogP contribution is -2.02. The largest absolute Gasteiger partial charge is 0.516 e. The van der Waals surface area contributed by atoms with E-state index in [-0.39, 0.29) is 5.75 Å². The Bertz CT molecular complexity index is 373. The number of aliphatic hydroxyl groups excluding tert-OH is 1. The van der Waals surface area contributed by atoms with Crippen LogP contribution < -0.4 is 5.73 Å². The summed E-state index contributed by atoms with van der Waals surface area (Å²) < 4.78 is 0. The Morgan fingerprint density at radius 3 is 2.64 bits per heavy atom. The van der Waals surface area contributed by atoms with Gasteiger partial charge in [0.1, 0.15) is 11.6 Å². The second-order valence-corrected chi connectivity index (χ2v) is 3.12. The van der Waals surface area contributed by atoms with Crippen molar-refractivity contribution in [2.24, 2.45) is 0 Å². The molecule has 1 aromatic rings. The lowest BCUT2D eigenvalue weighted by molar-refractivity contribution is 0.462. The van der Waals surface area contributed by atoms with Crippen LogP contribution in [0.1, 0.15) is 16.8 Å². The number of aliphatic hydroxyl groups is 1. The van der Waals surface area contributed by atoms with Gasteiger partial charge in [-0.2, -0.15) is 0 Å². The lowest BCUT2D eigenvalue weighted by atomic mass is 10.1. The molecule has 1 rings (SSSR count). The highest BCUT2D eigenvalue weighted by molar-refractivity contribution is 5.53. The lowest BCUT2D eigenvalue weighted by Gasteiger charge is -2.10. The summed E-state index contributed by atoms with van der Waals surface area (Å²) in [7, 11) is 0. The summed E-state index contributed by atoms with van der Waals surface area (Å²) in [5.41, 5.74) is 7.68. The highest BCUT2D eigenvalue weighted by Gasteiger charge is 2.10. The Balaban J connectivity index is 3.22. The monoisotopic (exact) mass is 194 g/mol. The predicted molar refractivity (Wildman–Crippen MR) is 55.3 cm³/mol. The van der Waals surface area contributed by atoms with Crippen molar-refractivity contribution in [3.05, 3.63) is 29.2 Å². The van der Waals surface area contributed by atoms with E-state index in [1.165, 1.54) is 0 Å². The van der Waals surface area contributed by atoms with Gasteiger partial charge in [-0.1, -0.05) is 0 Å². The molecule has 4 N–H and O–H groups in total. The molecule has 14 heavy (non-hydrogen) atoms. The fourth-order valence-corrected chi connectivity index (χ4v) is 1.34. The number of aromatic hydroxyl groups is 1. The summed E-state index contributed by atoms with van der Waals surface area (Å²) in [6.45, 7) is 3.48. The van der Waals surface area contributed by atoms with Gasteiger partial charge in [-0.3, -0.25) is 0 Å². The Labute approximate surface area is 82.7 Å². The molecule has 0 bridgehead atoms. The van der Waals surface area contributed by atoms with E-state index in [2.05, 4.69) is 4.98 Å². The number of rotatable bonds is 2. The van der Waals surface area contributed by atoms with E-state index in [4.69, 9.17) is 10.8 Å². The summed E-state index contributed by atoms with van der Waals surface area (Å²) in [6, 6.07) is 0. The van der Waals surface area contributed by atoms with Crippen LogP contribution in [0.4, 0.5) is 5.82 Å². The smallest absolute Gasteiger partial charge is 0.140 e. The molecule has 0 aliphatic rings. The first-order chi connectivity index (χ1) is 6.57. The third kappa shape index (κ3) is 1.79. The van der Waals surface area contributed by atoms with Gasteiger partial charge in [0, 0.05) is 5.56 Å². The minimum absolute atomic E-state index is 0.167. The van der Waals surface area contributed by atoms with Crippen molar-refractivity contribution in [2.45, 2.75) is 20.3 Å². The van der Waals surface area contributed by atoms with Crippen molar-refractivity contribution in [3.8, 4) is 5.75 Å². The molecule has 0 radical (unpaired) electrons. The number of nitrogen functional groups attached to an aromatic ring is 1. The molecule has 76 valence electrons. The van der Waals surface area contributed by atoms with Crippen molar-refractivity contribution in [1.29, 1.82) is 0 Å². The molecular formula is C10H14N2O2. The van der Waals surface area contributed by atoms with Gasteiger partial charge in [0.2, 0.25) is 0 Å². The summed E-state index contributed by atoms with van der Waals surface area (Å²) in [5, 5.41) is 18.1. The molecule has 4 heteroatoms. The van der Waals surface area contributed by atoms with Crippen LogP contribution in [0.3, 0.4) is 0 Å². The third-order valence-corrected chi connectivity index (χ3v) is 2.18. The van der Waals surface area contributed by atoms with Gasteiger partial charge in [-0.05, 0) is 31.9 Å². The molecule has 0 unspecified atom stereocenters. The minimum atomic E-state index is 0.167. The number of aryl methyl sites for hydroxylation is 1. The van der Waals surface area contributed by atoms with Crippen LogP contribution in [0, 0.1) is 13.8 Å². The van der Waals surface area contributed by atoms with E-state index in [1.807, 2.05) is 0 Å². The predicted octanol–water partition coefficient (Wildman–Crippen LogP) is 1.60. The molecule has 0 aliphatic heterocycles. The average Bonchev–Trinajstić information content (AvgIpc) is 2.14. The zero-order chi connectivity index (χ0) is 10.7. The highest BCUT2D eigenvalue weighted by atomic mass is 16.3. The van der Waals surface area contributed by atoms with Crippen molar-refractivity contribution < 1.29 is 10.2 Å². The van der Waals surface area contributed by atoms with Gasteiger partial charge in [0.05, 0.1) is 12.0 Å². The van der Waals surface area contributed by atoms with E-state index in [0.29, 0.717) is 23.5 Å². The summed E-state index contributed by atoms with van der Waals surface area (Å²) >= 11 is 0. The van der Waals surface area contributed by atoms with E-state index in [0.717, 1.165) is 11.8 Å². The van der Waals surface area contributed by atoms with Crippen LogP contribution in [0.2, 0.25) is 0 Å². The molecule has 0 atom stereocenters. The summed E-state index contributed by atoms with van der Waals surface area (Å²) in [5.74, 6) is 0.566. The average molecular weight is 194 g/mol. The molecule has 0 spiro atoms. The van der Waals surface area contributed by atoms with E-state index < -0.39 is 0 Å². The third-order valence-electron chi connectivity index (χ3n) is 2.18. The number of nitrogens with two attached hydrogens (primary N) is 1. The number of allylic oxidation sites excluding steroid dienone is 1. The number of anilines is 1. The number of aromatic nitrogens is 1. The Kier molecular flexibility index (Phi) is 2.96. The zero-order valence-corrected chi connectivity index (χ0v) is 8.28. The van der Waals surface area contributed by atoms with Crippen molar-refractivity contribution >= 4 is 5.82 Å². The highest BCUT2D eigenvalue weighted by Crippen LogP contribution is 2.27. The molecule has 0 amide bonds. The van der Waals surface area contributed by atoms with E-state index in [1.54, 1.807) is 19.9 Å². The molecule has 4 nitrogen and oxygen atoms in total. The summed E-state index contributed by atoms with van der Waals surface area (Å²) in [6.07, 6.45) is 2.97. The van der Waals surface area contributed by atoms with Crippen molar-refractivity contribution in [3.63, 3.8) is 0 Å². The van der Waals surface area contributed by atoms with Crippen LogP contribution >= 0.6 is 0 Å². The molecule has 0 aromatic carbocycles. The zero-order valence-electron chi connectivity index (χ0n) is 8.28. The maximum absolute atomic E-state index is 9.61. The van der Waals surface area contributed by atoms with Crippen LogP contribution in [-0.2, 0) is 6.42 Å². The minimum Gasteiger partial charge on any atom is -0.516 e. The van der Waals surface area contributed by atoms with Crippen LogP contribution in [0.15, 0.2) is 12.3 Å². The number of pyridine rings is 1. The second kappa shape index (κ2) is 4.00. The SMILES string of the molecule is Cc1nc(N)c(C/C=C/O)c(C)c1O. The van der Waals surface area contributed by atoms with Crippen LogP contribution in [-0.4, -0.2) is 15.2 Å². The molecular weight excluding hydrogens is 180 g/mol. The van der Waals surface area contributed by atoms with Gasteiger partial charge in [0.25, 0.3) is 0 Å². The molecule has 0 aliphatic carbocycles. The number of hydrogen-bond acceptors (Lipinski definition) is 4. The van der Waals surface area contributed by atoms with Gasteiger partial charge in [-0.25, -0.2) is 4.98 Å². The summed E-state index contributed by atoms with van der Waals surface area (Å²) in [4.78, 5) is 4.00. The molecule has 1 aromatic heterocycles. The van der Waals surface area contributed by atoms with E-state index >= 15 is 0 Å². The van der Waals surface area contributed by atoms with Crippen molar-refractivity contribution in [1.82, 2.24) is 4.98 Å². The maximum atomic E-state index is 9.61. The van der Waals surface area contributed by atoms with Crippen molar-refractivity contribution in [2.75, 3.05) is 5.73 Å². The van der Waals surface area contributed by atoms with Crippen LogP contribution in [0.25, 0.3) is 0 Å². The number of nitrogens with zero attached hydrogens (tertiary/aromatic N) is 1. The normalized spacial score (nSPS) is 11.0. The second-order valence-electron chi connectivity index (χ2n) is 3.12. The first-order valence-electron chi connectivity index (χ1n) is 4.31. The maximum Gasteiger partial charge on any atom is 0.140 e. The fourth-order valence-electron chi connectivity index (χ4n) is 1.34. The quantitative estimate of drug-likeness (QED) is 0.625. The molecule has 0 saturated heterocycles. The Hall–Kier alpha value is -1.71. The Morgan fingerprint density at radius 2 is 2.07 bits per heavy atom. The van der Waals surface area contributed by atoms with Gasteiger partial charge >= 0.3 is 0 Å². The molecule has 1 heterocycles. The van der Waals surface area contributed by atoms with E-state index in [9.17, 15) is 5.11 Å². The van der Waals surface area contributed by atoms with Gasteiger partial charge < -0.3 is 15.9 Å². The van der Waals surface area contributed by atoms with Gasteiger partial charge in [0.15, 0.2) is 0 Å². The molecule has 0 saturated carbocycles. The Morgan fingerprint density at radius 1 is 1.43 bits per heavy atom. The van der Waals surface area contributed by atoms with Gasteiger partial charge in [-0.15, -0.1) is 0 Å². The topological polar surface area (TPSA) is 79.4 Å². The molecule has 0 fully saturated rings. The first kappa shape index (κ1) is 10.4. The first-order valence-corrected chi connectivity index (χ1v) is 4.31. The number of hydrogen-bond donors (Lipinski definition) is 3. The fraction of sp³-hybridized carbons (Fsp3) is 0.300. The van der Waals surface area contributed by atoms with Crippen LogP contribution in [0.5, 0.6) is 5.75 Å².